The van der Waals surface area contributed by atoms with E-state index in [-0.39, 0.29) is 17.2 Å². The molecule has 0 radical (unpaired) electrons. The number of amidine groups is 1. The van der Waals surface area contributed by atoms with Crippen molar-refractivity contribution in [2.24, 2.45) is 16.1 Å². The molecule has 0 bridgehead atoms. The number of carbonyl (C=O) groups is 1. The topological polar surface area (TPSA) is 77.6 Å². The number of hydrogen-bond donors (Lipinski definition) is 1. The summed E-state index contributed by atoms with van der Waals surface area (Å²) in [5, 5.41) is 0. The Hall–Kier alpha value is -3.31. The van der Waals surface area contributed by atoms with Crippen molar-refractivity contribution in [1.29, 1.82) is 0 Å². The van der Waals surface area contributed by atoms with E-state index in [0.717, 1.165) is 49.3 Å². The molecule has 1 saturated heterocycles. The fraction of sp³-hybridized carbons (Fsp3) is 0.345. The molecule has 1 aliphatic heterocycles. The molecule has 4 rings (SSSR count). The zero-order valence-corrected chi connectivity index (χ0v) is 20.3. The minimum atomic E-state index is -0.910. The summed E-state index contributed by atoms with van der Waals surface area (Å²) in [5.74, 6) is -0.0948. The van der Waals surface area contributed by atoms with Crippen molar-refractivity contribution < 1.29 is 9.53 Å². The molecule has 1 amide bonds. The molecule has 0 unspecified atom stereocenters. The fourth-order valence-electron chi connectivity index (χ4n) is 4.30. The summed E-state index contributed by atoms with van der Waals surface area (Å²) >= 11 is 0. The van der Waals surface area contributed by atoms with Crippen LogP contribution in [0.2, 0.25) is 0 Å². The third-order valence-electron chi connectivity index (χ3n) is 6.80. The van der Waals surface area contributed by atoms with Gasteiger partial charge in [0.15, 0.2) is 0 Å². The van der Waals surface area contributed by atoms with Crippen LogP contribution >= 0.6 is 0 Å². The van der Waals surface area contributed by atoms with Crippen molar-refractivity contribution in [3.05, 3.63) is 89.6 Å². The fourth-order valence-corrected chi connectivity index (χ4v) is 4.30. The SMILES string of the molecule is CC1(Cc2ccc(C(N)=NC(=O)C(C)(C)c3cccc(-c4ccccc4)n3)cc2)CCOCC1. The van der Waals surface area contributed by atoms with Crippen molar-refractivity contribution in [3.8, 4) is 11.3 Å². The Morgan fingerprint density at radius 1 is 1.00 bits per heavy atom. The van der Waals surface area contributed by atoms with Crippen LogP contribution in [0, 0.1) is 5.41 Å². The minimum absolute atomic E-state index is 0.223. The van der Waals surface area contributed by atoms with E-state index in [9.17, 15) is 4.79 Å². The molecule has 0 spiro atoms. The van der Waals surface area contributed by atoms with Gasteiger partial charge in [-0.25, -0.2) is 0 Å². The highest BCUT2D eigenvalue weighted by atomic mass is 16.5. The van der Waals surface area contributed by atoms with Crippen molar-refractivity contribution in [2.45, 2.75) is 45.4 Å². The molecule has 1 aromatic heterocycles. The van der Waals surface area contributed by atoms with Crippen LogP contribution in [0.3, 0.4) is 0 Å². The Morgan fingerprint density at radius 3 is 2.35 bits per heavy atom. The van der Waals surface area contributed by atoms with E-state index in [0.29, 0.717) is 5.69 Å². The number of amides is 1. The van der Waals surface area contributed by atoms with Gasteiger partial charge in [-0.1, -0.05) is 67.6 Å². The van der Waals surface area contributed by atoms with Crippen LogP contribution < -0.4 is 5.73 Å². The van der Waals surface area contributed by atoms with Crippen LogP contribution in [0.4, 0.5) is 0 Å². The maximum atomic E-state index is 13.1. The van der Waals surface area contributed by atoms with E-state index in [2.05, 4.69) is 24.0 Å². The number of carbonyl (C=O) groups excluding carboxylic acids is 1. The lowest BCUT2D eigenvalue weighted by Crippen LogP contribution is -2.31. The standard InChI is InChI=1S/C29H33N3O2/c1-28(2,25-11-7-10-24(31-25)22-8-5-4-6-9-22)27(33)32-26(30)23-14-12-21(13-15-23)20-29(3)16-18-34-19-17-29/h4-15H,16-20H2,1-3H3,(H2,30,32,33). The van der Waals surface area contributed by atoms with Crippen molar-refractivity contribution in [2.75, 3.05) is 13.2 Å². The first-order valence-electron chi connectivity index (χ1n) is 11.9. The predicted molar refractivity (Wildman–Crippen MR) is 137 cm³/mol. The Balaban J connectivity index is 1.49. The van der Waals surface area contributed by atoms with Crippen LogP contribution in [-0.4, -0.2) is 29.9 Å². The molecule has 34 heavy (non-hydrogen) atoms. The van der Waals surface area contributed by atoms with Gasteiger partial charge in [-0.2, -0.15) is 4.99 Å². The maximum absolute atomic E-state index is 13.1. The molecule has 2 aromatic carbocycles. The summed E-state index contributed by atoms with van der Waals surface area (Å²) in [6, 6.07) is 23.7. The van der Waals surface area contributed by atoms with Gasteiger partial charge in [0.2, 0.25) is 0 Å². The second kappa shape index (κ2) is 9.90. The minimum Gasteiger partial charge on any atom is -0.383 e. The number of pyridine rings is 1. The largest absolute Gasteiger partial charge is 0.383 e. The van der Waals surface area contributed by atoms with Gasteiger partial charge in [-0.3, -0.25) is 9.78 Å². The number of benzene rings is 2. The molecule has 2 N–H and O–H groups in total. The van der Waals surface area contributed by atoms with Crippen molar-refractivity contribution >= 4 is 11.7 Å². The summed E-state index contributed by atoms with van der Waals surface area (Å²) in [5.41, 5.74) is 10.1. The zero-order valence-electron chi connectivity index (χ0n) is 20.3. The lowest BCUT2D eigenvalue weighted by molar-refractivity contribution is -0.122. The molecule has 5 heteroatoms. The molecular weight excluding hydrogens is 422 g/mol. The number of nitrogens with two attached hydrogens (primary N) is 1. The van der Waals surface area contributed by atoms with Gasteiger partial charge in [0.25, 0.3) is 5.91 Å². The summed E-state index contributed by atoms with van der Waals surface area (Å²) in [6.45, 7) is 7.65. The highest BCUT2D eigenvalue weighted by Gasteiger charge is 2.32. The van der Waals surface area contributed by atoms with Gasteiger partial charge in [0.1, 0.15) is 5.84 Å². The van der Waals surface area contributed by atoms with Crippen LogP contribution in [-0.2, 0) is 21.4 Å². The number of aromatic nitrogens is 1. The number of rotatable bonds is 6. The van der Waals surface area contributed by atoms with E-state index in [4.69, 9.17) is 15.5 Å². The highest BCUT2D eigenvalue weighted by molar-refractivity contribution is 6.06. The number of hydrogen-bond acceptors (Lipinski definition) is 3. The van der Waals surface area contributed by atoms with E-state index in [1.54, 1.807) is 0 Å². The third kappa shape index (κ3) is 5.42. The van der Waals surface area contributed by atoms with Crippen LogP contribution in [0.5, 0.6) is 0 Å². The Bertz CT molecular complexity index is 1160. The van der Waals surface area contributed by atoms with E-state index in [1.807, 2.05) is 74.5 Å². The number of nitrogens with zero attached hydrogens (tertiary/aromatic N) is 2. The van der Waals surface area contributed by atoms with E-state index < -0.39 is 5.41 Å². The molecule has 3 aromatic rings. The Labute approximate surface area is 202 Å². The number of ether oxygens (including phenoxy) is 1. The van der Waals surface area contributed by atoms with Gasteiger partial charge >= 0.3 is 0 Å². The Morgan fingerprint density at radius 2 is 1.68 bits per heavy atom. The normalized spacial score (nSPS) is 16.3. The average molecular weight is 456 g/mol. The second-order valence-electron chi connectivity index (χ2n) is 10.00. The zero-order chi connectivity index (χ0) is 24.2. The average Bonchev–Trinajstić information content (AvgIpc) is 2.85. The Kier molecular flexibility index (Phi) is 6.94. The molecular formula is C29H33N3O2. The second-order valence-corrected chi connectivity index (χ2v) is 10.00. The molecule has 176 valence electrons. The first kappa shape index (κ1) is 23.8. The summed E-state index contributed by atoms with van der Waals surface area (Å²) in [6.07, 6.45) is 3.14. The lowest BCUT2D eigenvalue weighted by Gasteiger charge is -2.33. The van der Waals surface area contributed by atoms with Gasteiger partial charge in [0.05, 0.1) is 16.8 Å². The summed E-state index contributed by atoms with van der Waals surface area (Å²) in [4.78, 5) is 22.2. The van der Waals surface area contributed by atoms with E-state index >= 15 is 0 Å². The van der Waals surface area contributed by atoms with Crippen LogP contribution in [0.1, 0.15) is 50.4 Å². The molecule has 0 saturated carbocycles. The first-order chi connectivity index (χ1) is 16.3. The number of aliphatic imine (C=N–C) groups is 1. The summed E-state index contributed by atoms with van der Waals surface area (Å²) in [7, 11) is 0. The lowest BCUT2D eigenvalue weighted by atomic mass is 9.77. The van der Waals surface area contributed by atoms with Gasteiger partial charge in [-0.05, 0) is 56.2 Å². The van der Waals surface area contributed by atoms with Crippen molar-refractivity contribution in [1.82, 2.24) is 4.98 Å². The molecule has 1 fully saturated rings. The monoisotopic (exact) mass is 455 g/mol. The third-order valence-corrected chi connectivity index (χ3v) is 6.80. The van der Waals surface area contributed by atoms with Crippen LogP contribution in [0.15, 0.2) is 77.8 Å². The van der Waals surface area contributed by atoms with Crippen molar-refractivity contribution in [3.63, 3.8) is 0 Å². The first-order valence-corrected chi connectivity index (χ1v) is 11.9. The van der Waals surface area contributed by atoms with Crippen LogP contribution in [0.25, 0.3) is 11.3 Å². The molecule has 5 nitrogen and oxygen atoms in total. The highest BCUT2D eigenvalue weighted by Crippen LogP contribution is 2.33. The smallest absolute Gasteiger partial charge is 0.259 e. The van der Waals surface area contributed by atoms with Gasteiger partial charge in [0, 0.05) is 24.3 Å². The molecule has 0 atom stereocenters. The van der Waals surface area contributed by atoms with Gasteiger partial charge < -0.3 is 10.5 Å². The maximum Gasteiger partial charge on any atom is 0.259 e. The van der Waals surface area contributed by atoms with E-state index in [1.165, 1.54) is 5.56 Å². The quantitative estimate of drug-likeness (QED) is 0.403. The predicted octanol–water partition coefficient (Wildman–Crippen LogP) is 5.32. The van der Waals surface area contributed by atoms with Gasteiger partial charge in [-0.15, -0.1) is 0 Å². The molecule has 2 heterocycles. The molecule has 1 aliphatic rings. The molecule has 0 aliphatic carbocycles. The summed E-state index contributed by atoms with van der Waals surface area (Å²) < 4.78 is 5.51.